The molecule has 0 saturated carbocycles. The van der Waals surface area contributed by atoms with Crippen molar-refractivity contribution in [1.29, 1.82) is 0 Å². The van der Waals surface area contributed by atoms with Crippen LogP contribution in [0.5, 0.6) is 0 Å². The van der Waals surface area contributed by atoms with Crippen molar-refractivity contribution < 1.29 is 0 Å². The van der Waals surface area contributed by atoms with Crippen LogP contribution < -0.4 is 4.90 Å². The summed E-state index contributed by atoms with van der Waals surface area (Å²) in [6.07, 6.45) is 6.34. The molecule has 2 aliphatic heterocycles. The van der Waals surface area contributed by atoms with E-state index in [0.717, 1.165) is 6.04 Å². The van der Waals surface area contributed by atoms with Gasteiger partial charge in [0.25, 0.3) is 0 Å². The minimum atomic E-state index is 0.799. The highest BCUT2D eigenvalue weighted by Crippen LogP contribution is 2.26. The molecule has 2 aliphatic rings. The maximum atomic E-state index is 2.69. The summed E-state index contributed by atoms with van der Waals surface area (Å²) in [6.45, 7) is 4.98. The fraction of sp³-hybridized carbons (Fsp3) is 0.600. The van der Waals surface area contributed by atoms with Crippen LogP contribution in [-0.2, 0) is 0 Å². The number of hydrogen-bond donors (Lipinski definition) is 0. The summed E-state index contributed by atoms with van der Waals surface area (Å²) < 4.78 is 0. The van der Waals surface area contributed by atoms with Crippen LogP contribution in [0.3, 0.4) is 0 Å². The van der Waals surface area contributed by atoms with Gasteiger partial charge in [0.2, 0.25) is 0 Å². The quantitative estimate of drug-likeness (QED) is 0.756. The second-order valence-corrected chi connectivity index (χ2v) is 6.21. The largest absolute Gasteiger partial charge is 0.369 e. The van der Waals surface area contributed by atoms with Crippen molar-refractivity contribution in [1.82, 2.24) is 4.90 Å². The Morgan fingerprint density at radius 2 is 1.89 bits per heavy atom. The normalized spacial score (nSPS) is 24.9. The number of fused-ring (bicyclic) bond motifs is 1. The van der Waals surface area contributed by atoms with E-state index in [2.05, 4.69) is 40.3 Å². The molecule has 3 rings (SSSR count). The van der Waals surface area contributed by atoms with Gasteiger partial charge in [-0.25, -0.2) is 0 Å². The lowest BCUT2D eigenvalue weighted by molar-refractivity contribution is 0.133. The molecule has 0 bridgehead atoms. The van der Waals surface area contributed by atoms with E-state index in [1.165, 1.54) is 56.0 Å². The second kappa shape index (κ2) is 5.54. The van der Waals surface area contributed by atoms with Gasteiger partial charge in [-0.15, -0.1) is 11.8 Å². The lowest BCUT2D eigenvalue weighted by atomic mass is 9.99. The summed E-state index contributed by atoms with van der Waals surface area (Å²) in [5.74, 6) is 0. The number of thioether (sulfide) groups is 1. The molecule has 2 nitrogen and oxygen atoms in total. The number of rotatable bonds is 2. The smallest absolute Gasteiger partial charge is 0.0367 e. The van der Waals surface area contributed by atoms with E-state index in [0.29, 0.717) is 0 Å². The van der Waals surface area contributed by atoms with Gasteiger partial charge in [-0.05, 0) is 49.9 Å². The topological polar surface area (TPSA) is 6.48 Å². The first-order valence-electron chi connectivity index (χ1n) is 7.00. The van der Waals surface area contributed by atoms with Crippen LogP contribution in [0.2, 0.25) is 0 Å². The maximum Gasteiger partial charge on any atom is 0.0367 e. The maximum absolute atomic E-state index is 2.69. The lowest BCUT2D eigenvalue weighted by Gasteiger charge is -2.45. The van der Waals surface area contributed by atoms with Gasteiger partial charge in [0.05, 0.1) is 0 Å². The van der Waals surface area contributed by atoms with E-state index in [1.807, 2.05) is 11.8 Å². The molecule has 2 saturated heterocycles. The van der Waals surface area contributed by atoms with Gasteiger partial charge in [-0.1, -0.05) is 6.42 Å². The first-order chi connectivity index (χ1) is 8.86. The van der Waals surface area contributed by atoms with Crippen molar-refractivity contribution in [3.05, 3.63) is 24.3 Å². The minimum absolute atomic E-state index is 0.799. The van der Waals surface area contributed by atoms with Gasteiger partial charge in [0.15, 0.2) is 0 Å². The zero-order valence-corrected chi connectivity index (χ0v) is 12.0. The molecule has 0 spiro atoms. The summed E-state index contributed by atoms with van der Waals surface area (Å²) in [6, 6.07) is 9.85. The lowest BCUT2D eigenvalue weighted by Crippen LogP contribution is -2.54. The zero-order valence-electron chi connectivity index (χ0n) is 11.1. The Labute approximate surface area is 114 Å². The Morgan fingerprint density at radius 3 is 2.67 bits per heavy atom. The third-order valence-electron chi connectivity index (χ3n) is 4.27. The number of anilines is 1. The van der Waals surface area contributed by atoms with Crippen LogP contribution in [0.4, 0.5) is 5.69 Å². The third kappa shape index (κ3) is 2.52. The summed E-state index contributed by atoms with van der Waals surface area (Å²) in [5.41, 5.74) is 1.40. The Kier molecular flexibility index (Phi) is 3.80. The highest BCUT2D eigenvalue weighted by atomic mass is 32.2. The molecular weight excluding hydrogens is 240 g/mol. The fourth-order valence-corrected chi connectivity index (χ4v) is 3.59. The van der Waals surface area contributed by atoms with Gasteiger partial charge in [0, 0.05) is 36.3 Å². The molecule has 1 aromatic rings. The number of piperazine rings is 1. The monoisotopic (exact) mass is 262 g/mol. The van der Waals surface area contributed by atoms with E-state index < -0.39 is 0 Å². The predicted molar refractivity (Wildman–Crippen MR) is 79.6 cm³/mol. The first kappa shape index (κ1) is 12.4. The van der Waals surface area contributed by atoms with Gasteiger partial charge in [-0.2, -0.15) is 0 Å². The number of hydrogen-bond acceptors (Lipinski definition) is 3. The van der Waals surface area contributed by atoms with Crippen molar-refractivity contribution in [3.8, 4) is 0 Å². The van der Waals surface area contributed by atoms with Crippen LogP contribution in [0.25, 0.3) is 0 Å². The highest BCUT2D eigenvalue weighted by molar-refractivity contribution is 7.98. The van der Waals surface area contributed by atoms with Gasteiger partial charge in [0.1, 0.15) is 0 Å². The van der Waals surface area contributed by atoms with Crippen molar-refractivity contribution >= 4 is 17.4 Å². The molecule has 1 aromatic carbocycles. The Morgan fingerprint density at radius 1 is 1.06 bits per heavy atom. The SMILES string of the molecule is CSc1ccc(N2CCN3CCCCC3C2)cc1. The summed E-state index contributed by atoms with van der Waals surface area (Å²) >= 11 is 1.82. The Bertz CT molecular complexity index is 390. The number of piperidine rings is 1. The van der Waals surface area contributed by atoms with Gasteiger partial charge < -0.3 is 4.90 Å². The molecule has 0 aliphatic carbocycles. The molecule has 2 heterocycles. The van der Waals surface area contributed by atoms with Gasteiger partial charge >= 0.3 is 0 Å². The molecule has 0 aromatic heterocycles. The van der Waals surface area contributed by atoms with Crippen LogP contribution in [0, 0.1) is 0 Å². The summed E-state index contributed by atoms with van der Waals surface area (Å²) in [4.78, 5) is 6.61. The van der Waals surface area contributed by atoms with E-state index in [4.69, 9.17) is 0 Å². The standard InChI is InChI=1S/C15H22N2S/c1-18-15-7-5-13(6-8-15)17-11-10-16-9-3-2-4-14(16)12-17/h5-8,14H,2-4,9-12H2,1H3. The van der Waals surface area contributed by atoms with E-state index in [1.54, 1.807) is 0 Å². The average Bonchev–Trinajstić information content (AvgIpc) is 2.47. The Hall–Kier alpha value is -0.670. The van der Waals surface area contributed by atoms with Crippen LogP contribution in [0.1, 0.15) is 19.3 Å². The second-order valence-electron chi connectivity index (χ2n) is 5.33. The molecule has 0 radical (unpaired) electrons. The van der Waals surface area contributed by atoms with Crippen molar-refractivity contribution in [3.63, 3.8) is 0 Å². The van der Waals surface area contributed by atoms with Crippen LogP contribution in [-0.4, -0.2) is 43.4 Å². The zero-order chi connectivity index (χ0) is 12.4. The molecule has 0 amide bonds. The van der Waals surface area contributed by atoms with Crippen molar-refractivity contribution in [2.24, 2.45) is 0 Å². The molecule has 3 heteroatoms. The minimum Gasteiger partial charge on any atom is -0.369 e. The van der Waals surface area contributed by atoms with Gasteiger partial charge in [-0.3, -0.25) is 4.90 Å². The van der Waals surface area contributed by atoms with Crippen molar-refractivity contribution in [2.45, 2.75) is 30.2 Å². The fourth-order valence-electron chi connectivity index (χ4n) is 3.18. The molecule has 2 fully saturated rings. The molecule has 0 N–H and O–H groups in total. The first-order valence-corrected chi connectivity index (χ1v) is 8.22. The number of benzene rings is 1. The molecule has 1 atom stereocenters. The summed E-state index contributed by atoms with van der Waals surface area (Å²) in [5, 5.41) is 0. The Balaban J connectivity index is 1.69. The average molecular weight is 262 g/mol. The van der Waals surface area contributed by atoms with E-state index in [9.17, 15) is 0 Å². The summed E-state index contributed by atoms with van der Waals surface area (Å²) in [7, 11) is 0. The molecular formula is C15H22N2S. The molecule has 18 heavy (non-hydrogen) atoms. The molecule has 1 unspecified atom stereocenters. The third-order valence-corrected chi connectivity index (χ3v) is 5.02. The van der Waals surface area contributed by atoms with E-state index in [-0.39, 0.29) is 0 Å². The van der Waals surface area contributed by atoms with E-state index >= 15 is 0 Å². The van der Waals surface area contributed by atoms with Crippen LogP contribution >= 0.6 is 11.8 Å². The molecule has 98 valence electrons. The predicted octanol–water partition coefficient (Wildman–Crippen LogP) is 3.08. The van der Waals surface area contributed by atoms with Crippen LogP contribution in [0.15, 0.2) is 29.2 Å². The highest BCUT2D eigenvalue weighted by Gasteiger charge is 2.28. The number of nitrogens with zero attached hydrogens (tertiary/aromatic N) is 2. The van der Waals surface area contributed by atoms with Crippen molar-refractivity contribution in [2.75, 3.05) is 37.3 Å².